The van der Waals surface area contributed by atoms with Gasteiger partial charge in [-0.3, -0.25) is 9.59 Å². The molecule has 8 nitrogen and oxygen atoms in total. The van der Waals surface area contributed by atoms with E-state index in [0.29, 0.717) is 12.8 Å². The molecule has 0 aliphatic carbocycles. The van der Waals surface area contributed by atoms with E-state index in [1.54, 1.807) is 6.92 Å². The van der Waals surface area contributed by atoms with Gasteiger partial charge in [0.1, 0.15) is 6.04 Å². The van der Waals surface area contributed by atoms with Gasteiger partial charge in [0.15, 0.2) is 6.04 Å². The Hall–Kier alpha value is -1.67. The molecule has 5 N–H and O–H groups in total. The lowest BCUT2D eigenvalue weighted by molar-refractivity contribution is -0.146. The van der Waals surface area contributed by atoms with Gasteiger partial charge in [0, 0.05) is 6.42 Å². The predicted molar refractivity (Wildman–Crippen MR) is 116 cm³/mol. The predicted octanol–water partition coefficient (Wildman–Crippen LogP) is 2.50. The molecule has 4 atom stereocenters. The van der Waals surface area contributed by atoms with E-state index in [0.717, 1.165) is 19.3 Å². The number of carboxylic acids is 1. The number of carboxylic acid groups (broad SMARTS) is 1. The molecule has 176 valence electrons. The van der Waals surface area contributed by atoms with Gasteiger partial charge in [0.25, 0.3) is 0 Å². The number of unbranched alkanes of at least 4 members (excludes halogenated alkanes) is 8. The normalized spacial score (nSPS) is 15.1. The fraction of sp³-hybridized carbons (Fsp3) is 0.864. The maximum absolute atomic E-state index is 12.4. The average molecular weight is 431 g/mol. The molecule has 0 aliphatic heterocycles. The summed E-state index contributed by atoms with van der Waals surface area (Å²) >= 11 is 0. The first-order chi connectivity index (χ1) is 14.2. The molecule has 0 radical (unpaired) electrons. The molecular formula is C22H42N2O6. The summed E-state index contributed by atoms with van der Waals surface area (Å²) in [7, 11) is 0. The van der Waals surface area contributed by atoms with Gasteiger partial charge in [-0.25, -0.2) is 4.79 Å². The van der Waals surface area contributed by atoms with E-state index >= 15 is 0 Å². The zero-order chi connectivity index (χ0) is 22.9. The summed E-state index contributed by atoms with van der Waals surface area (Å²) in [5, 5.41) is 33.8. The van der Waals surface area contributed by atoms with Crippen molar-refractivity contribution in [3.63, 3.8) is 0 Å². The summed E-state index contributed by atoms with van der Waals surface area (Å²) in [6.45, 7) is 5.33. The maximum Gasteiger partial charge on any atom is 0.328 e. The Bertz CT molecular complexity index is 498. The molecule has 0 saturated heterocycles. The van der Waals surface area contributed by atoms with Gasteiger partial charge >= 0.3 is 5.97 Å². The Morgan fingerprint density at radius 2 is 1.30 bits per heavy atom. The number of nitrogens with one attached hydrogen (secondary N) is 2. The van der Waals surface area contributed by atoms with E-state index in [-0.39, 0.29) is 18.7 Å². The van der Waals surface area contributed by atoms with Crippen molar-refractivity contribution >= 4 is 17.8 Å². The monoisotopic (exact) mass is 430 g/mol. The number of hydrogen-bond donors (Lipinski definition) is 5. The minimum Gasteiger partial charge on any atom is -0.480 e. The fourth-order valence-corrected chi connectivity index (χ4v) is 3.28. The zero-order valence-corrected chi connectivity index (χ0v) is 18.9. The van der Waals surface area contributed by atoms with Gasteiger partial charge in [0.2, 0.25) is 11.8 Å². The van der Waals surface area contributed by atoms with Crippen LogP contribution in [0.25, 0.3) is 0 Å². The smallest absolute Gasteiger partial charge is 0.328 e. The summed E-state index contributed by atoms with van der Waals surface area (Å²) in [4.78, 5) is 35.9. The van der Waals surface area contributed by atoms with Crippen LogP contribution in [0, 0.1) is 0 Å². The third-order valence-electron chi connectivity index (χ3n) is 5.12. The summed E-state index contributed by atoms with van der Waals surface area (Å²) in [5.41, 5.74) is 0. The van der Waals surface area contributed by atoms with Gasteiger partial charge in [-0.15, -0.1) is 0 Å². The molecule has 30 heavy (non-hydrogen) atoms. The second kappa shape index (κ2) is 17.1. The van der Waals surface area contributed by atoms with Crippen LogP contribution in [0.1, 0.15) is 97.8 Å². The van der Waals surface area contributed by atoms with Crippen LogP contribution in [0.3, 0.4) is 0 Å². The molecule has 0 spiro atoms. The van der Waals surface area contributed by atoms with Crippen LogP contribution in [0.15, 0.2) is 0 Å². The van der Waals surface area contributed by atoms with E-state index in [4.69, 9.17) is 0 Å². The number of hydrogen-bond acceptors (Lipinski definition) is 5. The van der Waals surface area contributed by atoms with Crippen molar-refractivity contribution in [2.24, 2.45) is 0 Å². The van der Waals surface area contributed by atoms with E-state index in [2.05, 4.69) is 17.6 Å². The summed E-state index contributed by atoms with van der Waals surface area (Å²) in [6.07, 6.45) is 8.66. The number of aliphatic carboxylic acids is 1. The Morgan fingerprint density at radius 3 is 1.77 bits per heavy atom. The summed E-state index contributed by atoms with van der Waals surface area (Å²) in [6, 6.07) is -2.76. The Labute approximate surface area is 180 Å². The lowest BCUT2D eigenvalue weighted by Gasteiger charge is -2.25. The van der Waals surface area contributed by atoms with Crippen LogP contribution >= 0.6 is 0 Å². The highest BCUT2D eigenvalue weighted by Gasteiger charge is 2.32. The van der Waals surface area contributed by atoms with E-state index < -0.39 is 36.2 Å². The molecule has 0 aromatic carbocycles. The van der Waals surface area contributed by atoms with Crippen LogP contribution in [-0.2, 0) is 14.4 Å². The first kappa shape index (κ1) is 28.3. The average Bonchev–Trinajstić information content (AvgIpc) is 2.68. The molecule has 0 saturated carbocycles. The molecule has 0 heterocycles. The third-order valence-corrected chi connectivity index (χ3v) is 5.12. The Balaban J connectivity index is 4.38. The van der Waals surface area contributed by atoms with Crippen molar-refractivity contribution in [2.75, 3.05) is 0 Å². The second-order valence-electron chi connectivity index (χ2n) is 8.04. The van der Waals surface area contributed by atoms with Crippen LogP contribution in [0.5, 0.6) is 0 Å². The first-order valence-corrected chi connectivity index (χ1v) is 11.4. The molecule has 4 unspecified atom stereocenters. The summed E-state index contributed by atoms with van der Waals surface area (Å²) in [5.74, 6) is -2.55. The minimum atomic E-state index is -1.49. The molecule has 2 amide bonds. The molecule has 8 heteroatoms. The van der Waals surface area contributed by atoms with E-state index in [1.807, 2.05) is 0 Å². The first-order valence-electron chi connectivity index (χ1n) is 11.4. The molecule has 0 aliphatic rings. The van der Waals surface area contributed by atoms with Crippen molar-refractivity contribution in [2.45, 2.75) is 122 Å². The number of aliphatic hydroxyl groups is 2. The second-order valence-corrected chi connectivity index (χ2v) is 8.04. The van der Waals surface area contributed by atoms with E-state index in [9.17, 15) is 29.7 Å². The Kier molecular flexibility index (Phi) is 16.1. The molecule has 0 rings (SSSR count). The van der Waals surface area contributed by atoms with Gasteiger partial charge in [-0.2, -0.15) is 0 Å². The molecule has 0 aromatic heterocycles. The number of carbonyl (C=O) groups is 3. The molecule has 0 aromatic rings. The van der Waals surface area contributed by atoms with Crippen molar-refractivity contribution < 1.29 is 29.7 Å². The van der Waals surface area contributed by atoms with Gasteiger partial charge in [-0.05, 0) is 19.8 Å². The highest BCUT2D eigenvalue weighted by molar-refractivity contribution is 5.91. The number of aliphatic hydroxyl groups excluding tert-OH is 2. The SMILES string of the molecule is CCCCCCCCCCCC(=O)NC(C(=O)NC(C(=O)O)C(O)CCC)C(C)O. The molecular weight excluding hydrogens is 388 g/mol. The Morgan fingerprint density at radius 1 is 0.767 bits per heavy atom. The lowest BCUT2D eigenvalue weighted by Crippen LogP contribution is -2.58. The standard InChI is InChI=1S/C22H42N2O6/c1-4-6-7-8-9-10-11-12-13-15-18(27)23-19(16(3)25)21(28)24-20(22(29)30)17(26)14-5-2/h16-17,19-20,25-26H,4-15H2,1-3H3,(H,23,27)(H,24,28)(H,29,30). The zero-order valence-electron chi connectivity index (χ0n) is 18.9. The van der Waals surface area contributed by atoms with Crippen molar-refractivity contribution in [3.8, 4) is 0 Å². The van der Waals surface area contributed by atoms with Crippen molar-refractivity contribution in [1.82, 2.24) is 10.6 Å². The van der Waals surface area contributed by atoms with Crippen molar-refractivity contribution in [1.29, 1.82) is 0 Å². The number of amides is 2. The molecule has 0 bridgehead atoms. The number of rotatable bonds is 18. The van der Waals surface area contributed by atoms with Gasteiger partial charge in [0.05, 0.1) is 12.2 Å². The highest BCUT2D eigenvalue weighted by atomic mass is 16.4. The fourth-order valence-electron chi connectivity index (χ4n) is 3.28. The summed E-state index contributed by atoms with van der Waals surface area (Å²) < 4.78 is 0. The maximum atomic E-state index is 12.4. The van der Waals surface area contributed by atoms with Gasteiger partial charge in [-0.1, -0.05) is 71.6 Å². The van der Waals surface area contributed by atoms with Crippen molar-refractivity contribution in [3.05, 3.63) is 0 Å². The quantitative estimate of drug-likeness (QED) is 0.212. The van der Waals surface area contributed by atoms with Crippen LogP contribution in [0.2, 0.25) is 0 Å². The largest absolute Gasteiger partial charge is 0.480 e. The lowest BCUT2D eigenvalue weighted by atomic mass is 10.0. The topological polar surface area (TPSA) is 136 Å². The number of carbonyl (C=O) groups excluding carboxylic acids is 2. The van der Waals surface area contributed by atoms with Gasteiger partial charge < -0.3 is 26.0 Å². The highest BCUT2D eigenvalue weighted by Crippen LogP contribution is 2.11. The third kappa shape index (κ3) is 12.8. The van der Waals surface area contributed by atoms with Crippen LogP contribution in [-0.4, -0.2) is 57.4 Å². The molecule has 0 fully saturated rings. The minimum absolute atomic E-state index is 0.210. The van der Waals surface area contributed by atoms with Crippen LogP contribution < -0.4 is 10.6 Å². The van der Waals surface area contributed by atoms with E-state index in [1.165, 1.54) is 39.0 Å². The van der Waals surface area contributed by atoms with Crippen LogP contribution in [0.4, 0.5) is 0 Å².